The first-order chi connectivity index (χ1) is 7.29. The van der Waals surface area contributed by atoms with Crippen LogP contribution in [0.3, 0.4) is 0 Å². The SMILES string of the molecule is CCC1CCNC1Cc1cccc(Cl)c1. The second kappa shape index (κ2) is 5.00. The van der Waals surface area contributed by atoms with Gasteiger partial charge in [0.15, 0.2) is 0 Å². The molecule has 1 aromatic rings. The summed E-state index contributed by atoms with van der Waals surface area (Å²) in [6.45, 7) is 3.45. The molecule has 1 fully saturated rings. The van der Waals surface area contributed by atoms with Crippen LogP contribution in [0, 0.1) is 5.92 Å². The largest absolute Gasteiger partial charge is 0.313 e. The van der Waals surface area contributed by atoms with Crippen LogP contribution in [-0.4, -0.2) is 12.6 Å². The summed E-state index contributed by atoms with van der Waals surface area (Å²) in [5, 5.41) is 4.43. The van der Waals surface area contributed by atoms with Crippen molar-refractivity contribution in [1.29, 1.82) is 0 Å². The smallest absolute Gasteiger partial charge is 0.0408 e. The van der Waals surface area contributed by atoms with Crippen LogP contribution in [0.2, 0.25) is 5.02 Å². The van der Waals surface area contributed by atoms with E-state index in [1.54, 1.807) is 0 Å². The second-order valence-corrected chi connectivity index (χ2v) is 4.79. The van der Waals surface area contributed by atoms with Crippen molar-refractivity contribution in [3.05, 3.63) is 34.9 Å². The van der Waals surface area contributed by atoms with E-state index in [9.17, 15) is 0 Å². The highest BCUT2D eigenvalue weighted by atomic mass is 35.5. The molecule has 1 aliphatic heterocycles. The molecule has 1 aromatic carbocycles. The van der Waals surface area contributed by atoms with E-state index < -0.39 is 0 Å². The Balaban J connectivity index is 2.02. The molecule has 0 bridgehead atoms. The van der Waals surface area contributed by atoms with Gasteiger partial charge in [-0.05, 0) is 43.0 Å². The lowest BCUT2D eigenvalue weighted by Crippen LogP contribution is -2.29. The summed E-state index contributed by atoms with van der Waals surface area (Å²) in [6, 6.07) is 8.86. The lowest BCUT2D eigenvalue weighted by molar-refractivity contribution is 0.433. The lowest BCUT2D eigenvalue weighted by atomic mass is 9.93. The monoisotopic (exact) mass is 223 g/mol. The molecule has 1 saturated heterocycles. The predicted molar refractivity (Wildman–Crippen MR) is 65.3 cm³/mol. The van der Waals surface area contributed by atoms with Crippen molar-refractivity contribution in [2.45, 2.75) is 32.2 Å². The number of hydrogen-bond donors (Lipinski definition) is 1. The summed E-state index contributed by atoms with van der Waals surface area (Å²) in [6.07, 6.45) is 3.71. The third-order valence-electron chi connectivity index (χ3n) is 3.36. The Labute approximate surface area is 96.8 Å². The van der Waals surface area contributed by atoms with Crippen LogP contribution in [0.4, 0.5) is 0 Å². The lowest BCUT2D eigenvalue weighted by Gasteiger charge is -2.18. The summed E-state index contributed by atoms with van der Waals surface area (Å²) in [7, 11) is 0. The summed E-state index contributed by atoms with van der Waals surface area (Å²) in [5.74, 6) is 0.837. The maximum Gasteiger partial charge on any atom is 0.0408 e. The molecule has 2 atom stereocenters. The molecule has 0 saturated carbocycles. The van der Waals surface area contributed by atoms with Gasteiger partial charge in [0.2, 0.25) is 0 Å². The summed E-state index contributed by atoms with van der Waals surface area (Å²) in [4.78, 5) is 0. The van der Waals surface area contributed by atoms with Crippen molar-refractivity contribution in [3.63, 3.8) is 0 Å². The first-order valence-electron chi connectivity index (χ1n) is 5.77. The van der Waals surface area contributed by atoms with E-state index in [1.807, 2.05) is 12.1 Å². The first-order valence-corrected chi connectivity index (χ1v) is 6.15. The van der Waals surface area contributed by atoms with Crippen LogP contribution in [0.15, 0.2) is 24.3 Å². The number of nitrogens with one attached hydrogen (secondary N) is 1. The molecule has 0 aromatic heterocycles. The van der Waals surface area contributed by atoms with Crippen molar-refractivity contribution in [1.82, 2.24) is 5.32 Å². The molecular formula is C13H18ClN. The molecule has 2 unspecified atom stereocenters. The average molecular weight is 224 g/mol. The highest BCUT2D eigenvalue weighted by Crippen LogP contribution is 2.23. The summed E-state index contributed by atoms with van der Waals surface area (Å²) in [5.41, 5.74) is 1.35. The third-order valence-corrected chi connectivity index (χ3v) is 3.59. The standard InChI is InChI=1S/C13H18ClN/c1-2-11-6-7-15-13(11)9-10-4-3-5-12(14)8-10/h3-5,8,11,13,15H,2,6-7,9H2,1H3. The van der Waals surface area contributed by atoms with Gasteiger partial charge >= 0.3 is 0 Å². The minimum Gasteiger partial charge on any atom is -0.313 e. The molecule has 82 valence electrons. The van der Waals surface area contributed by atoms with Gasteiger partial charge in [-0.2, -0.15) is 0 Å². The maximum atomic E-state index is 5.98. The van der Waals surface area contributed by atoms with E-state index in [4.69, 9.17) is 11.6 Å². The average Bonchev–Trinajstić information content (AvgIpc) is 2.65. The zero-order valence-electron chi connectivity index (χ0n) is 9.17. The van der Waals surface area contributed by atoms with Crippen molar-refractivity contribution in [3.8, 4) is 0 Å². The minimum atomic E-state index is 0.647. The Morgan fingerprint density at radius 3 is 3.07 bits per heavy atom. The zero-order chi connectivity index (χ0) is 10.7. The van der Waals surface area contributed by atoms with Crippen molar-refractivity contribution in [2.24, 2.45) is 5.92 Å². The molecule has 0 aliphatic carbocycles. The minimum absolute atomic E-state index is 0.647. The highest BCUT2D eigenvalue weighted by molar-refractivity contribution is 6.30. The van der Waals surface area contributed by atoms with Gasteiger partial charge in [0.25, 0.3) is 0 Å². The normalized spacial score (nSPS) is 25.7. The van der Waals surface area contributed by atoms with Gasteiger partial charge in [0, 0.05) is 11.1 Å². The van der Waals surface area contributed by atoms with Gasteiger partial charge in [-0.1, -0.05) is 37.1 Å². The van der Waals surface area contributed by atoms with Crippen molar-refractivity contribution in [2.75, 3.05) is 6.54 Å². The van der Waals surface area contributed by atoms with Crippen molar-refractivity contribution < 1.29 is 0 Å². The Hall–Kier alpha value is -0.530. The van der Waals surface area contributed by atoms with E-state index in [0.717, 1.165) is 17.4 Å². The van der Waals surface area contributed by atoms with Crippen LogP contribution in [0.1, 0.15) is 25.3 Å². The highest BCUT2D eigenvalue weighted by Gasteiger charge is 2.24. The quantitative estimate of drug-likeness (QED) is 0.830. The Kier molecular flexibility index (Phi) is 3.66. The van der Waals surface area contributed by atoms with Crippen LogP contribution < -0.4 is 5.32 Å². The molecule has 15 heavy (non-hydrogen) atoms. The maximum absolute atomic E-state index is 5.98. The molecular weight excluding hydrogens is 206 g/mol. The third kappa shape index (κ3) is 2.73. The Morgan fingerprint density at radius 1 is 1.47 bits per heavy atom. The van der Waals surface area contributed by atoms with Gasteiger partial charge < -0.3 is 5.32 Å². The van der Waals surface area contributed by atoms with E-state index in [2.05, 4.69) is 24.4 Å². The second-order valence-electron chi connectivity index (χ2n) is 4.35. The van der Waals surface area contributed by atoms with Gasteiger partial charge in [0.05, 0.1) is 0 Å². The molecule has 1 aliphatic rings. The summed E-state index contributed by atoms with van der Waals surface area (Å²) < 4.78 is 0. The van der Waals surface area contributed by atoms with Crippen LogP contribution in [0.5, 0.6) is 0 Å². The molecule has 1 nitrogen and oxygen atoms in total. The van der Waals surface area contributed by atoms with Crippen LogP contribution in [-0.2, 0) is 6.42 Å². The van der Waals surface area contributed by atoms with E-state index in [1.165, 1.54) is 24.9 Å². The van der Waals surface area contributed by atoms with E-state index >= 15 is 0 Å². The van der Waals surface area contributed by atoms with Crippen LogP contribution >= 0.6 is 11.6 Å². The fraction of sp³-hybridized carbons (Fsp3) is 0.538. The molecule has 0 spiro atoms. The fourth-order valence-electron chi connectivity index (χ4n) is 2.47. The van der Waals surface area contributed by atoms with Gasteiger partial charge in [-0.3, -0.25) is 0 Å². The van der Waals surface area contributed by atoms with Crippen molar-refractivity contribution >= 4 is 11.6 Å². The summed E-state index contributed by atoms with van der Waals surface area (Å²) >= 11 is 5.98. The van der Waals surface area contributed by atoms with E-state index in [0.29, 0.717) is 6.04 Å². The molecule has 1 heterocycles. The molecule has 0 radical (unpaired) electrons. The number of rotatable bonds is 3. The molecule has 0 amide bonds. The predicted octanol–water partition coefficient (Wildman–Crippen LogP) is 3.27. The molecule has 2 rings (SSSR count). The van der Waals surface area contributed by atoms with Gasteiger partial charge in [-0.25, -0.2) is 0 Å². The number of benzene rings is 1. The molecule has 2 heteroatoms. The zero-order valence-corrected chi connectivity index (χ0v) is 9.93. The topological polar surface area (TPSA) is 12.0 Å². The molecule has 1 N–H and O–H groups in total. The Bertz CT molecular complexity index is 324. The van der Waals surface area contributed by atoms with Gasteiger partial charge in [0.1, 0.15) is 0 Å². The Morgan fingerprint density at radius 2 is 2.33 bits per heavy atom. The number of halogens is 1. The van der Waals surface area contributed by atoms with Crippen LogP contribution in [0.25, 0.3) is 0 Å². The first kappa shape index (κ1) is 11.0. The fourth-order valence-corrected chi connectivity index (χ4v) is 2.68. The van der Waals surface area contributed by atoms with E-state index in [-0.39, 0.29) is 0 Å². The number of hydrogen-bond acceptors (Lipinski definition) is 1. The van der Waals surface area contributed by atoms with Gasteiger partial charge in [-0.15, -0.1) is 0 Å².